The van der Waals surface area contributed by atoms with Gasteiger partial charge < -0.3 is 14.4 Å². The minimum atomic E-state index is -0.879. The van der Waals surface area contributed by atoms with Crippen molar-refractivity contribution in [1.82, 2.24) is 14.5 Å². The maximum atomic E-state index is 10.4. The normalized spacial score (nSPS) is 11.7. The van der Waals surface area contributed by atoms with Crippen LogP contribution in [-0.2, 0) is 6.54 Å². The molecule has 3 aromatic rings. The molecule has 6 heteroatoms. The number of pyridine rings is 1. The molecule has 1 atom stereocenters. The highest BCUT2D eigenvalue weighted by atomic mass is 16.5. The van der Waals surface area contributed by atoms with Crippen LogP contribution in [0.1, 0.15) is 23.2 Å². The van der Waals surface area contributed by atoms with Crippen molar-refractivity contribution in [1.29, 1.82) is 5.26 Å². The summed E-state index contributed by atoms with van der Waals surface area (Å²) in [7, 11) is 0. The highest BCUT2D eigenvalue weighted by molar-refractivity contribution is 5.34. The molecular weight excluding hydrogens is 304 g/mol. The largest absolute Gasteiger partial charge is 0.492 e. The number of aliphatic hydroxyl groups excluding tert-OH is 1. The Kier molecular flexibility index (Phi) is 4.84. The molecule has 2 heterocycles. The molecule has 0 aliphatic rings. The standard InChI is InChI=1S/C18H16N4O2/c19-13-14-4-6-15(7-5-14)24-12-11-22-10-9-21-18(22)17(23)16-3-1-2-8-20-16/h1-10,17,23H,11-12H2/t17-/m1/s1. The van der Waals surface area contributed by atoms with Crippen molar-refractivity contribution >= 4 is 0 Å². The van der Waals surface area contributed by atoms with Gasteiger partial charge in [0.05, 0.1) is 23.9 Å². The number of nitriles is 1. The quantitative estimate of drug-likeness (QED) is 0.753. The zero-order chi connectivity index (χ0) is 16.8. The second-order valence-electron chi connectivity index (χ2n) is 5.12. The van der Waals surface area contributed by atoms with E-state index in [4.69, 9.17) is 10.00 Å². The minimum Gasteiger partial charge on any atom is -0.492 e. The van der Waals surface area contributed by atoms with E-state index in [0.717, 1.165) is 0 Å². The Bertz CT molecular complexity index is 822. The molecule has 0 saturated heterocycles. The fourth-order valence-corrected chi connectivity index (χ4v) is 2.31. The predicted octanol–water partition coefficient (Wildman–Crippen LogP) is 2.31. The molecule has 0 bridgehead atoms. The highest BCUT2D eigenvalue weighted by Crippen LogP contribution is 2.18. The summed E-state index contributed by atoms with van der Waals surface area (Å²) in [6.07, 6.45) is 4.20. The first-order chi connectivity index (χ1) is 11.8. The van der Waals surface area contributed by atoms with Crippen LogP contribution in [0.4, 0.5) is 0 Å². The number of hydrogen-bond donors (Lipinski definition) is 1. The summed E-state index contributed by atoms with van der Waals surface area (Å²) in [5.41, 5.74) is 1.15. The van der Waals surface area contributed by atoms with Crippen LogP contribution in [0.25, 0.3) is 0 Å². The average molecular weight is 320 g/mol. The molecule has 0 aliphatic heterocycles. The van der Waals surface area contributed by atoms with Gasteiger partial charge in [0.2, 0.25) is 0 Å². The number of rotatable bonds is 6. The van der Waals surface area contributed by atoms with Crippen LogP contribution in [-0.4, -0.2) is 26.2 Å². The molecule has 24 heavy (non-hydrogen) atoms. The summed E-state index contributed by atoms with van der Waals surface area (Å²) >= 11 is 0. The summed E-state index contributed by atoms with van der Waals surface area (Å²) in [4.78, 5) is 8.38. The Morgan fingerprint density at radius 2 is 1.96 bits per heavy atom. The van der Waals surface area contributed by atoms with Crippen molar-refractivity contribution in [3.8, 4) is 11.8 Å². The molecule has 6 nitrogen and oxygen atoms in total. The third-order valence-corrected chi connectivity index (χ3v) is 3.54. The van der Waals surface area contributed by atoms with Crippen molar-refractivity contribution in [2.75, 3.05) is 6.61 Å². The van der Waals surface area contributed by atoms with Crippen LogP contribution in [0.3, 0.4) is 0 Å². The lowest BCUT2D eigenvalue weighted by molar-refractivity contribution is 0.196. The van der Waals surface area contributed by atoms with Gasteiger partial charge in [0, 0.05) is 18.6 Å². The number of imidazole rings is 1. The molecule has 0 aliphatic carbocycles. The van der Waals surface area contributed by atoms with E-state index < -0.39 is 6.10 Å². The van der Waals surface area contributed by atoms with Crippen LogP contribution in [0.5, 0.6) is 5.75 Å². The number of benzene rings is 1. The molecule has 0 fully saturated rings. The SMILES string of the molecule is N#Cc1ccc(OCCn2ccnc2[C@H](O)c2ccccn2)cc1. The Morgan fingerprint density at radius 1 is 1.12 bits per heavy atom. The molecule has 0 amide bonds. The maximum absolute atomic E-state index is 10.4. The van der Waals surface area contributed by atoms with Crippen molar-refractivity contribution < 1.29 is 9.84 Å². The number of aromatic nitrogens is 3. The van der Waals surface area contributed by atoms with Crippen LogP contribution in [0.2, 0.25) is 0 Å². The lowest BCUT2D eigenvalue weighted by Gasteiger charge is -2.13. The second-order valence-corrected chi connectivity index (χ2v) is 5.12. The first kappa shape index (κ1) is 15.7. The Balaban J connectivity index is 1.62. The van der Waals surface area contributed by atoms with E-state index in [1.165, 1.54) is 0 Å². The Hall–Kier alpha value is -3.17. The highest BCUT2D eigenvalue weighted by Gasteiger charge is 2.17. The topological polar surface area (TPSA) is 84.0 Å². The second kappa shape index (κ2) is 7.40. The molecule has 1 aromatic carbocycles. The molecule has 0 radical (unpaired) electrons. The number of aliphatic hydroxyl groups is 1. The van der Waals surface area contributed by atoms with Crippen molar-refractivity contribution in [2.24, 2.45) is 0 Å². The van der Waals surface area contributed by atoms with Gasteiger partial charge in [-0.1, -0.05) is 6.07 Å². The molecule has 120 valence electrons. The van der Waals surface area contributed by atoms with Gasteiger partial charge in [-0.2, -0.15) is 5.26 Å². The summed E-state index contributed by atoms with van der Waals surface area (Å²) in [5.74, 6) is 1.22. The summed E-state index contributed by atoms with van der Waals surface area (Å²) in [6.45, 7) is 0.962. The summed E-state index contributed by atoms with van der Waals surface area (Å²) < 4.78 is 7.50. The van der Waals surface area contributed by atoms with E-state index in [2.05, 4.69) is 16.0 Å². The van der Waals surface area contributed by atoms with Gasteiger partial charge in [-0.05, 0) is 36.4 Å². The van der Waals surface area contributed by atoms with Gasteiger partial charge >= 0.3 is 0 Å². The first-order valence-corrected chi connectivity index (χ1v) is 7.51. The monoisotopic (exact) mass is 320 g/mol. The van der Waals surface area contributed by atoms with E-state index in [0.29, 0.717) is 36.0 Å². The van der Waals surface area contributed by atoms with Gasteiger partial charge in [0.25, 0.3) is 0 Å². The third-order valence-electron chi connectivity index (χ3n) is 3.54. The van der Waals surface area contributed by atoms with E-state index in [-0.39, 0.29) is 0 Å². The van der Waals surface area contributed by atoms with E-state index >= 15 is 0 Å². The lowest BCUT2D eigenvalue weighted by Crippen LogP contribution is -2.14. The lowest BCUT2D eigenvalue weighted by atomic mass is 10.2. The zero-order valence-corrected chi connectivity index (χ0v) is 12.9. The molecule has 1 N–H and O–H groups in total. The first-order valence-electron chi connectivity index (χ1n) is 7.51. The average Bonchev–Trinajstić information content (AvgIpc) is 3.11. The number of hydrogen-bond acceptors (Lipinski definition) is 5. The smallest absolute Gasteiger partial charge is 0.153 e. The van der Waals surface area contributed by atoms with Crippen LogP contribution in [0.15, 0.2) is 61.1 Å². The zero-order valence-electron chi connectivity index (χ0n) is 12.9. The summed E-state index contributed by atoms with van der Waals surface area (Å²) in [6, 6.07) is 14.4. The van der Waals surface area contributed by atoms with Crippen molar-refractivity contribution in [3.05, 3.63) is 78.1 Å². The fourth-order valence-electron chi connectivity index (χ4n) is 2.31. The Morgan fingerprint density at radius 3 is 2.67 bits per heavy atom. The van der Waals surface area contributed by atoms with E-state index in [1.54, 1.807) is 55.0 Å². The minimum absolute atomic E-state index is 0.421. The van der Waals surface area contributed by atoms with Gasteiger partial charge in [0.1, 0.15) is 18.2 Å². The predicted molar refractivity (Wildman–Crippen MR) is 87.2 cm³/mol. The molecule has 2 aromatic heterocycles. The molecule has 0 unspecified atom stereocenters. The third kappa shape index (κ3) is 3.59. The van der Waals surface area contributed by atoms with Crippen molar-refractivity contribution in [3.63, 3.8) is 0 Å². The maximum Gasteiger partial charge on any atom is 0.153 e. The Labute approximate surface area is 139 Å². The summed E-state index contributed by atoms with van der Waals surface area (Å²) in [5, 5.41) is 19.2. The van der Waals surface area contributed by atoms with Crippen LogP contribution in [0, 0.1) is 11.3 Å². The molecule has 3 rings (SSSR count). The fraction of sp³-hybridized carbons (Fsp3) is 0.167. The molecule has 0 spiro atoms. The number of ether oxygens (including phenoxy) is 1. The number of nitrogens with zero attached hydrogens (tertiary/aromatic N) is 4. The van der Waals surface area contributed by atoms with Gasteiger partial charge in [0.15, 0.2) is 6.10 Å². The molecular formula is C18H16N4O2. The van der Waals surface area contributed by atoms with Crippen LogP contribution < -0.4 is 4.74 Å². The molecule has 0 saturated carbocycles. The van der Waals surface area contributed by atoms with Gasteiger partial charge in [-0.15, -0.1) is 0 Å². The van der Waals surface area contributed by atoms with Gasteiger partial charge in [-0.3, -0.25) is 4.98 Å². The van der Waals surface area contributed by atoms with Crippen LogP contribution >= 0.6 is 0 Å². The van der Waals surface area contributed by atoms with Crippen molar-refractivity contribution in [2.45, 2.75) is 12.6 Å². The van der Waals surface area contributed by atoms with E-state index in [1.807, 2.05) is 10.6 Å². The van der Waals surface area contributed by atoms with Gasteiger partial charge in [-0.25, -0.2) is 4.98 Å². The van der Waals surface area contributed by atoms with E-state index in [9.17, 15) is 5.11 Å².